The standard InChI is InChI=1S/C22H29N5O/c1-16-20(10-21(11-23)26(16)2)13-25-12-17-5-3-6-18(9-17)14-27-8-4-7-19(15-27)22(24)28/h3,5-6,9-10,19,25H,4,7-8,12-15H2,1-2H3,(H2,24,28)/t19-/m0/s1. The SMILES string of the molecule is Cc1c(CNCc2cccc(CN3CCC[C@H](C(N)=O)C3)c2)cc(C#N)n1C. The van der Waals surface area contributed by atoms with Crippen molar-refractivity contribution in [2.24, 2.45) is 18.7 Å². The molecule has 0 saturated carbocycles. The molecule has 0 unspecified atom stereocenters. The number of nitrogens with zero attached hydrogens (tertiary/aromatic N) is 3. The summed E-state index contributed by atoms with van der Waals surface area (Å²) in [6.07, 6.45) is 1.93. The Balaban J connectivity index is 1.55. The smallest absolute Gasteiger partial charge is 0.221 e. The summed E-state index contributed by atoms with van der Waals surface area (Å²) in [7, 11) is 1.92. The molecular formula is C22H29N5O. The summed E-state index contributed by atoms with van der Waals surface area (Å²) >= 11 is 0. The molecule has 1 amide bonds. The number of aromatic nitrogens is 1. The second kappa shape index (κ2) is 9.05. The second-order valence-corrected chi connectivity index (χ2v) is 7.71. The average molecular weight is 380 g/mol. The molecule has 0 aliphatic carbocycles. The van der Waals surface area contributed by atoms with Gasteiger partial charge < -0.3 is 15.6 Å². The maximum absolute atomic E-state index is 11.5. The first-order chi connectivity index (χ1) is 13.5. The fourth-order valence-electron chi connectivity index (χ4n) is 3.92. The lowest BCUT2D eigenvalue weighted by atomic mass is 9.97. The molecule has 148 valence electrons. The van der Waals surface area contributed by atoms with E-state index in [-0.39, 0.29) is 11.8 Å². The van der Waals surface area contributed by atoms with Crippen molar-refractivity contribution in [2.75, 3.05) is 13.1 Å². The first kappa shape index (κ1) is 20.1. The molecule has 1 saturated heterocycles. The van der Waals surface area contributed by atoms with E-state index in [1.54, 1.807) is 0 Å². The number of hydrogen-bond acceptors (Lipinski definition) is 4. The lowest BCUT2D eigenvalue weighted by molar-refractivity contribution is -0.123. The van der Waals surface area contributed by atoms with Gasteiger partial charge in [0.05, 0.1) is 5.92 Å². The Morgan fingerprint density at radius 3 is 2.82 bits per heavy atom. The molecule has 1 aliphatic heterocycles. The zero-order valence-electron chi connectivity index (χ0n) is 16.7. The van der Waals surface area contributed by atoms with Gasteiger partial charge in [-0.3, -0.25) is 9.69 Å². The van der Waals surface area contributed by atoms with Crippen LogP contribution in [-0.2, 0) is 31.5 Å². The van der Waals surface area contributed by atoms with Gasteiger partial charge in [0.25, 0.3) is 0 Å². The number of nitriles is 1. The lowest BCUT2D eigenvalue weighted by Gasteiger charge is -2.31. The van der Waals surface area contributed by atoms with Crippen LogP contribution in [0.2, 0.25) is 0 Å². The normalized spacial score (nSPS) is 17.4. The predicted octanol–water partition coefficient (Wildman–Crippen LogP) is 2.19. The number of piperidine rings is 1. The van der Waals surface area contributed by atoms with Crippen molar-refractivity contribution in [3.05, 3.63) is 58.4 Å². The van der Waals surface area contributed by atoms with Crippen molar-refractivity contribution >= 4 is 5.91 Å². The molecule has 6 heteroatoms. The van der Waals surface area contributed by atoms with Crippen LogP contribution in [-0.4, -0.2) is 28.5 Å². The van der Waals surface area contributed by atoms with Crippen LogP contribution < -0.4 is 11.1 Å². The van der Waals surface area contributed by atoms with Crippen LogP contribution in [0.5, 0.6) is 0 Å². The number of benzene rings is 1. The number of rotatable bonds is 7. The van der Waals surface area contributed by atoms with Crippen LogP contribution in [0.1, 0.15) is 40.9 Å². The van der Waals surface area contributed by atoms with E-state index >= 15 is 0 Å². The second-order valence-electron chi connectivity index (χ2n) is 7.71. The molecule has 0 spiro atoms. The average Bonchev–Trinajstić information content (AvgIpc) is 2.96. The molecular weight excluding hydrogens is 350 g/mol. The minimum Gasteiger partial charge on any atom is -0.369 e. The quantitative estimate of drug-likeness (QED) is 0.772. The van der Waals surface area contributed by atoms with Gasteiger partial charge in [0.1, 0.15) is 11.8 Å². The molecule has 0 bridgehead atoms. The minimum absolute atomic E-state index is 0.0222. The Hall–Kier alpha value is -2.62. The number of amides is 1. The highest BCUT2D eigenvalue weighted by atomic mass is 16.1. The zero-order valence-corrected chi connectivity index (χ0v) is 16.7. The van der Waals surface area contributed by atoms with Crippen LogP contribution in [0.3, 0.4) is 0 Å². The van der Waals surface area contributed by atoms with E-state index in [1.807, 2.05) is 24.6 Å². The van der Waals surface area contributed by atoms with Gasteiger partial charge in [0.2, 0.25) is 5.91 Å². The highest BCUT2D eigenvalue weighted by Crippen LogP contribution is 2.19. The Morgan fingerprint density at radius 2 is 2.11 bits per heavy atom. The number of primary amides is 1. The highest BCUT2D eigenvalue weighted by molar-refractivity contribution is 5.76. The fraction of sp³-hybridized carbons (Fsp3) is 0.455. The maximum Gasteiger partial charge on any atom is 0.221 e. The van der Waals surface area contributed by atoms with E-state index in [2.05, 4.69) is 40.6 Å². The Kier molecular flexibility index (Phi) is 6.50. The first-order valence-electron chi connectivity index (χ1n) is 9.83. The van der Waals surface area contributed by atoms with Crippen LogP contribution in [0, 0.1) is 24.2 Å². The molecule has 1 atom stereocenters. The van der Waals surface area contributed by atoms with Crippen molar-refractivity contribution in [1.29, 1.82) is 5.26 Å². The molecule has 0 radical (unpaired) electrons. The molecule has 1 aliphatic rings. The van der Waals surface area contributed by atoms with Gasteiger partial charge >= 0.3 is 0 Å². The largest absolute Gasteiger partial charge is 0.369 e. The van der Waals surface area contributed by atoms with E-state index in [0.717, 1.165) is 56.8 Å². The Labute approximate surface area is 166 Å². The van der Waals surface area contributed by atoms with Gasteiger partial charge in [-0.25, -0.2) is 0 Å². The molecule has 1 fully saturated rings. The molecule has 1 aromatic heterocycles. The highest BCUT2D eigenvalue weighted by Gasteiger charge is 2.23. The van der Waals surface area contributed by atoms with Crippen molar-refractivity contribution in [3.8, 4) is 6.07 Å². The van der Waals surface area contributed by atoms with Crippen molar-refractivity contribution in [3.63, 3.8) is 0 Å². The molecule has 3 N–H and O–H groups in total. The summed E-state index contributed by atoms with van der Waals surface area (Å²) < 4.78 is 1.93. The summed E-state index contributed by atoms with van der Waals surface area (Å²) in [6.45, 7) is 6.16. The van der Waals surface area contributed by atoms with E-state index in [4.69, 9.17) is 11.0 Å². The van der Waals surface area contributed by atoms with E-state index < -0.39 is 0 Å². The van der Waals surface area contributed by atoms with Gasteiger partial charge in [0.15, 0.2) is 0 Å². The van der Waals surface area contributed by atoms with Gasteiger partial charge in [-0.05, 0) is 49.1 Å². The van der Waals surface area contributed by atoms with E-state index in [9.17, 15) is 4.79 Å². The van der Waals surface area contributed by atoms with Crippen LogP contribution in [0.4, 0.5) is 0 Å². The molecule has 6 nitrogen and oxygen atoms in total. The summed E-state index contributed by atoms with van der Waals surface area (Å²) in [4.78, 5) is 13.8. The van der Waals surface area contributed by atoms with Gasteiger partial charge in [-0.15, -0.1) is 0 Å². The third kappa shape index (κ3) is 4.80. The van der Waals surface area contributed by atoms with Gasteiger partial charge in [-0.1, -0.05) is 24.3 Å². The predicted molar refractivity (Wildman–Crippen MR) is 109 cm³/mol. The Bertz CT molecular complexity index is 880. The third-order valence-corrected chi connectivity index (χ3v) is 5.70. The van der Waals surface area contributed by atoms with Gasteiger partial charge in [-0.2, -0.15) is 5.26 Å². The summed E-state index contributed by atoms with van der Waals surface area (Å²) in [6, 6.07) is 12.7. The Morgan fingerprint density at radius 1 is 1.32 bits per heavy atom. The van der Waals surface area contributed by atoms with E-state index in [0.29, 0.717) is 5.69 Å². The number of nitrogens with two attached hydrogens (primary N) is 1. The fourth-order valence-corrected chi connectivity index (χ4v) is 3.92. The topological polar surface area (TPSA) is 87.1 Å². The van der Waals surface area contributed by atoms with Crippen molar-refractivity contribution in [1.82, 2.24) is 14.8 Å². The molecule has 3 rings (SSSR count). The summed E-state index contributed by atoms with van der Waals surface area (Å²) in [5.74, 6) is -0.204. The van der Waals surface area contributed by atoms with E-state index in [1.165, 1.54) is 11.1 Å². The maximum atomic E-state index is 11.5. The minimum atomic E-state index is -0.182. The molecule has 1 aromatic carbocycles. The number of carbonyl (C=O) groups excluding carboxylic acids is 1. The third-order valence-electron chi connectivity index (χ3n) is 5.70. The van der Waals surface area contributed by atoms with Crippen LogP contribution in [0.25, 0.3) is 0 Å². The molecule has 2 heterocycles. The number of likely N-dealkylation sites (tertiary alicyclic amines) is 1. The van der Waals surface area contributed by atoms with Crippen molar-refractivity contribution < 1.29 is 4.79 Å². The van der Waals surface area contributed by atoms with Crippen LogP contribution in [0.15, 0.2) is 30.3 Å². The lowest BCUT2D eigenvalue weighted by Crippen LogP contribution is -2.40. The van der Waals surface area contributed by atoms with Crippen molar-refractivity contribution in [2.45, 2.75) is 39.4 Å². The van der Waals surface area contributed by atoms with Crippen LogP contribution >= 0.6 is 0 Å². The summed E-state index contributed by atoms with van der Waals surface area (Å²) in [5.41, 5.74) is 10.9. The summed E-state index contributed by atoms with van der Waals surface area (Å²) in [5, 5.41) is 12.6. The van der Waals surface area contributed by atoms with Gasteiger partial charge in [0, 0.05) is 38.9 Å². The number of hydrogen-bond donors (Lipinski definition) is 2. The zero-order chi connectivity index (χ0) is 20.1. The monoisotopic (exact) mass is 379 g/mol. The molecule has 28 heavy (non-hydrogen) atoms. The number of carbonyl (C=O) groups is 1. The molecule has 2 aromatic rings. The first-order valence-corrected chi connectivity index (χ1v) is 9.83. The number of nitrogens with one attached hydrogen (secondary N) is 1.